The zero-order valence-electron chi connectivity index (χ0n) is 9.20. The molecule has 0 aliphatic rings. The van der Waals surface area contributed by atoms with Gasteiger partial charge in [-0.05, 0) is 41.4 Å². The predicted octanol–water partition coefficient (Wildman–Crippen LogP) is 2.00. The Hall–Kier alpha value is -0.940. The SMILES string of the molecule is CCOCCCNC(=O)c1ccc(Br)nc1. The fourth-order valence-corrected chi connectivity index (χ4v) is 1.37. The van der Waals surface area contributed by atoms with Crippen molar-refractivity contribution in [2.75, 3.05) is 19.8 Å². The van der Waals surface area contributed by atoms with Crippen LogP contribution in [0.3, 0.4) is 0 Å². The van der Waals surface area contributed by atoms with Crippen LogP contribution in [-0.2, 0) is 4.74 Å². The average molecular weight is 287 g/mol. The van der Waals surface area contributed by atoms with Crippen LogP contribution in [0.25, 0.3) is 0 Å². The van der Waals surface area contributed by atoms with E-state index in [0.29, 0.717) is 25.3 Å². The number of carbonyl (C=O) groups excluding carboxylic acids is 1. The van der Waals surface area contributed by atoms with E-state index in [2.05, 4.69) is 26.2 Å². The number of nitrogens with zero attached hydrogens (tertiary/aromatic N) is 1. The second-order valence-electron chi connectivity index (χ2n) is 3.18. The first-order valence-corrected chi connectivity index (χ1v) is 6.01. The number of amides is 1. The molecule has 0 radical (unpaired) electrons. The van der Waals surface area contributed by atoms with Gasteiger partial charge in [0.05, 0.1) is 5.56 Å². The molecule has 0 spiro atoms. The number of carbonyl (C=O) groups is 1. The highest BCUT2D eigenvalue weighted by atomic mass is 79.9. The number of hydrogen-bond donors (Lipinski definition) is 1. The number of ether oxygens (including phenoxy) is 1. The van der Waals surface area contributed by atoms with E-state index in [1.165, 1.54) is 0 Å². The highest BCUT2D eigenvalue weighted by molar-refractivity contribution is 9.10. The number of nitrogens with one attached hydrogen (secondary N) is 1. The van der Waals surface area contributed by atoms with Gasteiger partial charge in [0.15, 0.2) is 0 Å². The van der Waals surface area contributed by atoms with Crippen molar-refractivity contribution in [1.82, 2.24) is 10.3 Å². The van der Waals surface area contributed by atoms with Crippen molar-refractivity contribution in [3.63, 3.8) is 0 Å². The van der Waals surface area contributed by atoms with Gasteiger partial charge < -0.3 is 10.1 Å². The van der Waals surface area contributed by atoms with E-state index in [1.54, 1.807) is 18.3 Å². The lowest BCUT2D eigenvalue weighted by Gasteiger charge is -2.04. The van der Waals surface area contributed by atoms with Crippen LogP contribution in [-0.4, -0.2) is 30.6 Å². The number of pyridine rings is 1. The Labute approximate surface area is 104 Å². The van der Waals surface area contributed by atoms with Crippen molar-refractivity contribution in [2.45, 2.75) is 13.3 Å². The third-order valence-electron chi connectivity index (χ3n) is 1.94. The minimum atomic E-state index is -0.100. The molecule has 4 nitrogen and oxygen atoms in total. The molecule has 0 aliphatic carbocycles. The summed E-state index contributed by atoms with van der Waals surface area (Å²) in [5.41, 5.74) is 0.569. The number of rotatable bonds is 6. The van der Waals surface area contributed by atoms with Gasteiger partial charge in [-0.1, -0.05) is 0 Å². The monoisotopic (exact) mass is 286 g/mol. The van der Waals surface area contributed by atoms with Crippen molar-refractivity contribution in [3.8, 4) is 0 Å². The quantitative estimate of drug-likeness (QED) is 0.643. The second kappa shape index (κ2) is 7.35. The first kappa shape index (κ1) is 13.1. The number of halogens is 1. The van der Waals surface area contributed by atoms with Gasteiger partial charge in [-0.3, -0.25) is 4.79 Å². The molecule has 0 saturated carbocycles. The van der Waals surface area contributed by atoms with Crippen LogP contribution in [0, 0.1) is 0 Å². The van der Waals surface area contributed by atoms with E-state index in [0.717, 1.165) is 11.0 Å². The van der Waals surface area contributed by atoms with Crippen LogP contribution in [0.2, 0.25) is 0 Å². The maximum atomic E-state index is 11.6. The molecule has 1 N–H and O–H groups in total. The van der Waals surface area contributed by atoms with E-state index in [4.69, 9.17) is 4.74 Å². The Bertz CT molecular complexity index is 327. The van der Waals surface area contributed by atoms with E-state index < -0.39 is 0 Å². The van der Waals surface area contributed by atoms with Crippen LogP contribution >= 0.6 is 15.9 Å². The fourth-order valence-electron chi connectivity index (χ4n) is 1.13. The molecule has 0 aromatic carbocycles. The Morgan fingerprint density at radius 2 is 2.38 bits per heavy atom. The van der Waals surface area contributed by atoms with Crippen LogP contribution in [0.5, 0.6) is 0 Å². The Kier molecular flexibility index (Phi) is 6.03. The molecule has 1 rings (SSSR count). The first-order valence-electron chi connectivity index (χ1n) is 5.21. The highest BCUT2D eigenvalue weighted by Crippen LogP contribution is 2.05. The lowest BCUT2D eigenvalue weighted by atomic mass is 10.2. The molecule has 5 heteroatoms. The van der Waals surface area contributed by atoms with E-state index in [1.807, 2.05) is 6.92 Å². The van der Waals surface area contributed by atoms with E-state index in [-0.39, 0.29) is 5.91 Å². The average Bonchev–Trinajstić information content (AvgIpc) is 2.29. The van der Waals surface area contributed by atoms with E-state index >= 15 is 0 Å². The van der Waals surface area contributed by atoms with Crippen LogP contribution in [0.4, 0.5) is 0 Å². The third-order valence-corrected chi connectivity index (χ3v) is 2.41. The normalized spacial score (nSPS) is 10.1. The smallest absolute Gasteiger partial charge is 0.252 e. The molecule has 1 aromatic heterocycles. The standard InChI is InChI=1S/C11H15BrN2O2/c1-2-16-7-3-6-13-11(15)9-4-5-10(12)14-8-9/h4-5,8H,2-3,6-7H2,1H3,(H,13,15). The molecule has 16 heavy (non-hydrogen) atoms. The van der Waals surface area contributed by atoms with Gasteiger partial charge in [0.25, 0.3) is 5.91 Å². The van der Waals surface area contributed by atoms with Gasteiger partial charge in [0.2, 0.25) is 0 Å². The minimum Gasteiger partial charge on any atom is -0.382 e. The summed E-state index contributed by atoms with van der Waals surface area (Å²) in [4.78, 5) is 15.6. The topological polar surface area (TPSA) is 51.2 Å². The molecule has 1 amide bonds. The summed E-state index contributed by atoms with van der Waals surface area (Å²) in [5, 5.41) is 2.80. The molecule has 0 bridgehead atoms. The maximum Gasteiger partial charge on any atom is 0.252 e. The zero-order valence-corrected chi connectivity index (χ0v) is 10.8. The molecule has 0 aliphatic heterocycles. The molecule has 1 aromatic rings. The molecule has 0 saturated heterocycles. The molecule has 88 valence electrons. The first-order chi connectivity index (χ1) is 7.74. The summed E-state index contributed by atoms with van der Waals surface area (Å²) >= 11 is 3.22. The highest BCUT2D eigenvalue weighted by Gasteiger charge is 2.04. The minimum absolute atomic E-state index is 0.100. The molecule has 1 heterocycles. The largest absolute Gasteiger partial charge is 0.382 e. The van der Waals surface area contributed by atoms with Crippen LogP contribution < -0.4 is 5.32 Å². The zero-order chi connectivity index (χ0) is 11.8. The van der Waals surface area contributed by atoms with Crippen molar-refractivity contribution >= 4 is 21.8 Å². The Morgan fingerprint density at radius 3 is 3.00 bits per heavy atom. The summed E-state index contributed by atoms with van der Waals surface area (Å²) in [6, 6.07) is 3.48. The van der Waals surface area contributed by atoms with Gasteiger partial charge in [-0.15, -0.1) is 0 Å². The summed E-state index contributed by atoms with van der Waals surface area (Å²) in [5.74, 6) is -0.100. The summed E-state index contributed by atoms with van der Waals surface area (Å²) in [6.45, 7) is 3.96. The van der Waals surface area contributed by atoms with Gasteiger partial charge in [0, 0.05) is 26.0 Å². The molecule has 0 unspecified atom stereocenters. The lowest BCUT2D eigenvalue weighted by Crippen LogP contribution is -2.25. The summed E-state index contributed by atoms with van der Waals surface area (Å²) in [7, 11) is 0. The van der Waals surface area contributed by atoms with Crippen molar-refractivity contribution in [1.29, 1.82) is 0 Å². The Morgan fingerprint density at radius 1 is 1.56 bits per heavy atom. The molecular weight excluding hydrogens is 272 g/mol. The second-order valence-corrected chi connectivity index (χ2v) is 3.99. The van der Waals surface area contributed by atoms with Gasteiger partial charge >= 0.3 is 0 Å². The van der Waals surface area contributed by atoms with Crippen LogP contribution in [0.15, 0.2) is 22.9 Å². The van der Waals surface area contributed by atoms with Crippen molar-refractivity contribution in [3.05, 3.63) is 28.5 Å². The third kappa shape index (κ3) is 4.72. The lowest BCUT2D eigenvalue weighted by molar-refractivity contribution is 0.0944. The fraction of sp³-hybridized carbons (Fsp3) is 0.455. The van der Waals surface area contributed by atoms with E-state index in [9.17, 15) is 4.79 Å². The summed E-state index contributed by atoms with van der Waals surface area (Å²) < 4.78 is 5.89. The molecule has 0 fully saturated rings. The van der Waals surface area contributed by atoms with Gasteiger partial charge in [0.1, 0.15) is 4.60 Å². The number of aromatic nitrogens is 1. The number of hydrogen-bond acceptors (Lipinski definition) is 3. The summed E-state index contributed by atoms with van der Waals surface area (Å²) in [6.07, 6.45) is 2.37. The van der Waals surface area contributed by atoms with Crippen molar-refractivity contribution < 1.29 is 9.53 Å². The van der Waals surface area contributed by atoms with Crippen LogP contribution in [0.1, 0.15) is 23.7 Å². The van der Waals surface area contributed by atoms with Gasteiger partial charge in [-0.2, -0.15) is 0 Å². The molecular formula is C11H15BrN2O2. The van der Waals surface area contributed by atoms with Gasteiger partial charge in [-0.25, -0.2) is 4.98 Å². The predicted molar refractivity (Wildman–Crippen MR) is 65.4 cm³/mol. The Balaban J connectivity index is 2.27. The molecule has 0 atom stereocenters. The van der Waals surface area contributed by atoms with Crippen molar-refractivity contribution in [2.24, 2.45) is 0 Å². The maximum absolute atomic E-state index is 11.6.